The van der Waals surface area contributed by atoms with Gasteiger partial charge in [0.2, 0.25) is 11.1 Å². The van der Waals surface area contributed by atoms with Crippen molar-refractivity contribution in [1.29, 1.82) is 0 Å². The van der Waals surface area contributed by atoms with Gasteiger partial charge in [0, 0.05) is 10.9 Å². The number of aromatic nitrogens is 4. The molecule has 0 spiro atoms. The van der Waals surface area contributed by atoms with Gasteiger partial charge >= 0.3 is 6.01 Å². The van der Waals surface area contributed by atoms with E-state index in [4.69, 9.17) is 10.5 Å². The lowest BCUT2D eigenvalue weighted by atomic mass is 10.3. The first-order valence-corrected chi connectivity index (χ1v) is 6.37. The summed E-state index contributed by atoms with van der Waals surface area (Å²) in [5, 5.41) is 2.57. The van der Waals surface area contributed by atoms with Crippen molar-refractivity contribution in [2.24, 2.45) is 0 Å². The van der Waals surface area contributed by atoms with Crippen LogP contribution in [0.15, 0.2) is 40.5 Å². The monoisotopic (exact) mass is 273 g/mol. The Morgan fingerprint density at radius 1 is 1.21 bits per heavy atom. The molecule has 96 valence electrons. The van der Waals surface area contributed by atoms with E-state index in [1.54, 1.807) is 0 Å². The van der Waals surface area contributed by atoms with Gasteiger partial charge in [-0.1, -0.05) is 18.2 Å². The highest BCUT2D eigenvalue weighted by molar-refractivity contribution is 7.99. The van der Waals surface area contributed by atoms with Gasteiger partial charge < -0.3 is 15.5 Å². The number of methoxy groups -OCH3 is 1. The van der Waals surface area contributed by atoms with Gasteiger partial charge in [0.15, 0.2) is 0 Å². The second-order valence-electron chi connectivity index (χ2n) is 3.79. The lowest BCUT2D eigenvalue weighted by molar-refractivity contribution is 0.374. The number of nitrogen functional groups attached to an aromatic ring is 1. The summed E-state index contributed by atoms with van der Waals surface area (Å²) in [6.45, 7) is 0. The zero-order valence-electron chi connectivity index (χ0n) is 10.1. The van der Waals surface area contributed by atoms with Crippen LogP contribution >= 0.6 is 11.8 Å². The molecule has 2 aromatic heterocycles. The third-order valence-electron chi connectivity index (χ3n) is 2.50. The Morgan fingerprint density at radius 3 is 2.84 bits per heavy atom. The molecule has 3 aromatic rings. The molecule has 0 bridgehead atoms. The van der Waals surface area contributed by atoms with Crippen LogP contribution in [0, 0.1) is 0 Å². The van der Waals surface area contributed by atoms with Gasteiger partial charge in [0.05, 0.1) is 12.1 Å². The van der Waals surface area contributed by atoms with Crippen LogP contribution in [0.25, 0.3) is 10.9 Å². The standard InChI is InChI=1S/C12H11N5OS/c1-18-11-15-10(13)16-12(17-11)19-9-6-7-4-2-3-5-8(7)14-9/h2-6,14H,1H3,(H2,13,15,16,17). The molecule has 3 N–H and O–H groups in total. The Bertz CT molecular complexity index is 694. The summed E-state index contributed by atoms with van der Waals surface area (Å²) >= 11 is 1.38. The number of fused-ring (bicyclic) bond motifs is 1. The second kappa shape index (κ2) is 4.77. The fourth-order valence-electron chi connectivity index (χ4n) is 1.69. The van der Waals surface area contributed by atoms with Crippen LogP contribution in [0.3, 0.4) is 0 Å². The third-order valence-corrected chi connectivity index (χ3v) is 3.31. The zero-order valence-corrected chi connectivity index (χ0v) is 10.9. The molecule has 6 nitrogen and oxygen atoms in total. The molecule has 0 aliphatic heterocycles. The van der Waals surface area contributed by atoms with Gasteiger partial charge in [0.1, 0.15) is 0 Å². The van der Waals surface area contributed by atoms with Gasteiger partial charge in [-0.2, -0.15) is 15.0 Å². The predicted molar refractivity (Wildman–Crippen MR) is 73.2 cm³/mol. The summed E-state index contributed by atoms with van der Waals surface area (Å²) in [6.07, 6.45) is 0. The number of aromatic amines is 1. The number of hydrogen-bond donors (Lipinski definition) is 2. The smallest absolute Gasteiger partial charge is 0.321 e. The summed E-state index contributed by atoms with van der Waals surface area (Å²) < 4.78 is 4.97. The number of nitrogens with two attached hydrogens (primary N) is 1. The van der Waals surface area contributed by atoms with E-state index in [2.05, 4.69) is 19.9 Å². The molecule has 0 atom stereocenters. The summed E-state index contributed by atoms with van der Waals surface area (Å²) in [4.78, 5) is 15.3. The van der Waals surface area contributed by atoms with Crippen LogP contribution in [-0.4, -0.2) is 27.0 Å². The minimum Gasteiger partial charge on any atom is -0.467 e. The molecule has 0 saturated heterocycles. The number of anilines is 1. The molecule has 2 heterocycles. The Balaban J connectivity index is 1.94. The van der Waals surface area contributed by atoms with E-state index in [1.165, 1.54) is 18.9 Å². The summed E-state index contributed by atoms with van der Waals surface area (Å²) in [5.74, 6) is 0.144. The van der Waals surface area contributed by atoms with E-state index in [0.29, 0.717) is 5.16 Å². The molecule has 0 aliphatic rings. The minimum absolute atomic E-state index is 0.144. The van der Waals surface area contributed by atoms with Crippen molar-refractivity contribution in [3.05, 3.63) is 30.3 Å². The quantitative estimate of drug-likeness (QED) is 0.759. The van der Waals surface area contributed by atoms with Crippen LogP contribution in [-0.2, 0) is 0 Å². The number of ether oxygens (including phenoxy) is 1. The second-order valence-corrected chi connectivity index (χ2v) is 4.79. The first-order valence-electron chi connectivity index (χ1n) is 5.56. The van der Waals surface area contributed by atoms with Crippen molar-refractivity contribution in [3.63, 3.8) is 0 Å². The molecule has 7 heteroatoms. The lowest BCUT2D eigenvalue weighted by Gasteiger charge is -2.01. The van der Waals surface area contributed by atoms with E-state index >= 15 is 0 Å². The predicted octanol–water partition coefficient (Wildman–Crippen LogP) is 2.09. The van der Waals surface area contributed by atoms with Crippen LogP contribution in [0.4, 0.5) is 5.95 Å². The van der Waals surface area contributed by atoms with Crippen LogP contribution in [0.2, 0.25) is 0 Å². The number of nitrogens with one attached hydrogen (secondary N) is 1. The lowest BCUT2D eigenvalue weighted by Crippen LogP contribution is -2.01. The Kier molecular flexibility index (Phi) is 2.96. The fourth-order valence-corrected chi connectivity index (χ4v) is 2.50. The average Bonchev–Trinajstić information content (AvgIpc) is 2.80. The number of nitrogens with zero attached hydrogens (tertiary/aromatic N) is 3. The molecule has 1 aromatic carbocycles. The molecule has 0 aliphatic carbocycles. The Morgan fingerprint density at radius 2 is 2.05 bits per heavy atom. The number of H-pyrrole nitrogens is 1. The summed E-state index contributed by atoms with van der Waals surface area (Å²) in [7, 11) is 1.49. The van der Waals surface area contributed by atoms with Crippen LogP contribution in [0.1, 0.15) is 0 Å². The van der Waals surface area contributed by atoms with E-state index in [0.717, 1.165) is 15.9 Å². The van der Waals surface area contributed by atoms with Crippen molar-refractivity contribution in [3.8, 4) is 6.01 Å². The largest absolute Gasteiger partial charge is 0.467 e. The fraction of sp³-hybridized carbons (Fsp3) is 0.0833. The molecule has 0 fully saturated rings. The molecule has 0 saturated carbocycles. The van der Waals surface area contributed by atoms with Crippen LogP contribution in [0.5, 0.6) is 6.01 Å². The van der Waals surface area contributed by atoms with E-state index in [-0.39, 0.29) is 12.0 Å². The highest BCUT2D eigenvalue weighted by atomic mass is 32.2. The highest BCUT2D eigenvalue weighted by Gasteiger charge is 2.08. The molecule has 3 rings (SSSR count). The molecular formula is C12H11N5OS. The molecule has 19 heavy (non-hydrogen) atoms. The van der Waals surface area contributed by atoms with Crippen LogP contribution < -0.4 is 10.5 Å². The number of hydrogen-bond acceptors (Lipinski definition) is 6. The van der Waals surface area contributed by atoms with E-state index in [9.17, 15) is 0 Å². The normalized spacial score (nSPS) is 10.8. The Labute approximate surface area is 113 Å². The molecule has 0 amide bonds. The summed E-state index contributed by atoms with van der Waals surface area (Å²) in [5.41, 5.74) is 6.67. The number of rotatable bonds is 3. The average molecular weight is 273 g/mol. The van der Waals surface area contributed by atoms with Gasteiger partial charge in [0.25, 0.3) is 0 Å². The number of benzene rings is 1. The third kappa shape index (κ3) is 2.45. The SMILES string of the molecule is COc1nc(N)nc(Sc2cc3ccccc3[nH]2)n1. The van der Waals surface area contributed by atoms with Gasteiger partial charge in [-0.25, -0.2) is 0 Å². The first kappa shape index (κ1) is 11.8. The first-order chi connectivity index (χ1) is 9.24. The topological polar surface area (TPSA) is 89.7 Å². The van der Waals surface area contributed by atoms with Crippen molar-refractivity contribution in [2.45, 2.75) is 10.2 Å². The van der Waals surface area contributed by atoms with Crippen molar-refractivity contribution in [2.75, 3.05) is 12.8 Å². The van der Waals surface area contributed by atoms with E-state index in [1.807, 2.05) is 30.3 Å². The maximum Gasteiger partial charge on any atom is 0.321 e. The minimum atomic E-state index is 0.144. The van der Waals surface area contributed by atoms with Crippen molar-refractivity contribution >= 4 is 28.6 Å². The molecule has 0 unspecified atom stereocenters. The van der Waals surface area contributed by atoms with Gasteiger partial charge in [-0.05, 0) is 23.9 Å². The molecular weight excluding hydrogens is 262 g/mol. The van der Waals surface area contributed by atoms with E-state index < -0.39 is 0 Å². The van der Waals surface area contributed by atoms with Gasteiger partial charge in [-0.3, -0.25) is 0 Å². The maximum absolute atomic E-state index is 5.60. The Hall–Kier alpha value is -2.28. The van der Waals surface area contributed by atoms with Gasteiger partial charge in [-0.15, -0.1) is 0 Å². The van der Waals surface area contributed by atoms with Crippen molar-refractivity contribution in [1.82, 2.24) is 19.9 Å². The number of para-hydroxylation sites is 1. The molecule has 0 radical (unpaired) electrons. The summed E-state index contributed by atoms with van der Waals surface area (Å²) in [6, 6.07) is 10.3. The highest BCUT2D eigenvalue weighted by Crippen LogP contribution is 2.28. The zero-order chi connectivity index (χ0) is 13.2. The van der Waals surface area contributed by atoms with Crippen molar-refractivity contribution < 1.29 is 4.74 Å². The maximum atomic E-state index is 5.60.